The van der Waals surface area contributed by atoms with Crippen molar-refractivity contribution in [2.45, 2.75) is 44.9 Å². The first kappa shape index (κ1) is 17.5. The third-order valence-corrected chi connectivity index (χ3v) is 5.24. The normalized spacial score (nSPS) is 15.0. The third-order valence-electron chi connectivity index (χ3n) is 5.24. The van der Waals surface area contributed by atoms with E-state index in [1.165, 1.54) is 43.2 Å². The predicted molar refractivity (Wildman–Crippen MR) is 108 cm³/mol. The molecule has 3 N–H and O–H groups in total. The van der Waals surface area contributed by atoms with E-state index in [0.717, 1.165) is 16.6 Å². The number of nitrogens with zero attached hydrogens (tertiary/aromatic N) is 2. The minimum absolute atomic E-state index is 0.253. The number of aromatic nitrogens is 3. The van der Waals surface area contributed by atoms with Gasteiger partial charge in [0.1, 0.15) is 0 Å². The van der Waals surface area contributed by atoms with E-state index in [2.05, 4.69) is 43.8 Å². The van der Waals surface area contributed by atoms with Gasteiger partial charge in [0.05, 0.1) is 11.0 Å². The van der Waals surface area contributed by atoms with E-state index >= 15 is 0 Å². The van der Waals surface area contributed by atoms with Crippen LogP contribution < -0.4 is 10.6 Å². The SMILES string of the molecule is CCNC(=O)Nc1nc2cc(-c3cccnc3)c(C3CCCCC3)cc2[nH]1. The van der Waals surface area contributed by atoms with Gasteiger partial charge in [0.25, 0.3) is 0 Å². The first-order chi connectivity index (χ1) is 13.2. The lowest BCUT2D eigenvalue weighted by Gasteiger charge is -2.24. The Morgan fingerprint density at radius 1 is 1.26 bits per heavy atom. The summed E-state index contributed by atoms with van der Waals surface area (Å²) >= 11 is 0. The van der Waals surface area contributed by atoms with Crippen LogP contribution in [0.3, 0.4) is 0 Å². The van der Waals surface area contributed by atoms with Crippen molar-refractivity contribution < 1.29 is 4.79 Å². The number of H-pyrrole nitrogens is 1. The van der Waals surface area contributed by atoms with Crippen molar-refractivity contribution in [1.82, 2.24) is 20.3 Å². The Morgan fingerprint density at radius 3 is 2.85 bits per heavy atom. The molecule has 1 fully saturated rings. The number of hydrogen-bond donors (Lipinski definition) is 3. The minimum atomic E-state index is -0.253. The zero-order valence-electron chi connectivity index (χ0n) is 15.6. The number of carbonyl (C=O) groups excluding carboxylic acids is 1. The maximum Gasteiger partial charge on any atom is 0.321 e. The number of benzene rings is 1. The fourth-order valence-electron chi connectivity index (χ4n) is 3.97. The zero-order chi connectivity index (χ0) is 18.6. The average Bonchev–Trinajstić information content (AvgIpc) is 3.09. The molecule has 2 aromatic heterocycles. The molecule has 1 aromatic carbocycles. The second-order valence-corrected chi connectivity index (χ2v) is 7.10. The van der Waals surface area contributed by atoms with Crippen LogP contribution in [0.4, 0.5) is 10.7 Å². The summed E-state index contributed by atoms with van der Waals surface area (Å²) < 4.78 is 0. The first-order valence-electron chi connectivity index (χ1n) is 9.73. The predicted octanol–water partition coefficient (Wildman–Crippen LogP) is 4.81. The molecule has 0 bridgehead atoms. The number of amides is 2. The molecule has 2 heterocycles. The van der Waals surface area contributed by atoms with Crippen molar-refractivity contribution in [3.05, 3.63) is 42.2 Å². The van der Waals surface area contributed by atoms with Crippen LogP contribution in [-0.2, 0) is 0 Å². The summed E-state index contributed by atoms with van der Waals surface area (Å²) in [6, 6.07) is 8.15. The highest BCUT2D eigenvalue weighted by Crippen LogP contribution is 2.39. The molecular formula is C21H25N5O. The van der Waals surface area contributed by atoms with Crippen molar-refractivity contribution in [3.8, 4) is 11.1 Å². The summed E-state index contributed by atoms with van der Waals surface area (Å²) in [5, 5.41) is 5.48. The van der Waals surface area contributed by atoms with Gasteiger partial charge in [-0.05, 0) is 55.0 Å². The number of pyridine rings is 1. The van der Waals surface area contributed by atoms with Gasteiger partial charge in [0, 0.05) is 24.5 Å². The van der Waals surface area contributed by atoms with E-state index in [9.17, 15) is 4.79 Å². The molecule has 4 rings (SSSR count). The smallest absolute Gasteiger partial charge is 0.321 e. The highest BCUT2D eigenvalue weighted by molar-refractivity contribution is 5.91. The molecule has 1 aliphatic carbocycles. The lowest BCUT2D eigenvalue weighted by atomic mass is 9.81. The van der Waals surface area contributed by atoms with Crippen LogP contribution in [0.2, 0.25) is 0 Å². The molecule has 2 amide bonds. The summed E-state index contributed by atoms with van der Waals surface area (Å²) in [5.74, 6) is 1.02. The summed E-state index contributed by atoms with van der Waals surface area (Å²) in [6.45, 7) is 2.46. The molecule has 0 saturated heterocycles. The Balaban J connectivity index is 1.76. The average molecular weight is 363 g/mol. The van der Waals surface area contributed by atoms with Crippen LogP contribution in [0.15, 0.2) is 36.7 Å². The van der Waals surface area contributed by atoms with Gasteiger partial charge in [0.15, 0.2) is 0 Å². The molecule has 6 heteroatoms. The van der Waals surface area contributed by atoms with E-state index in [0.29, 0.717) is 18.4 Å². The Bertz CT molecular complexity index is 928. The molecule has 3 aromatic rings. The van der Waals surface area contributed by atoms with Crippen molar-refractivity contribution in [1.29, 1.82) is 0 Å². The van der Waals surface area contributed by atoms with Gasteiger partial charge < -0.3 is 10.3 Å². The molecule has 1 aliphatic rings. The van der Waals surface area contributed by atoms with Crippen LogP contribution in [0.1, 0.15) is 50.5 Å². The van der Waals surface area contributed by atoms with Crippen LogP contribution in [0.5, 0.6) is 0 Å². The van der Waals surface area contributed by atoms with Crippen molar-refractivity contribution >= 4 is 23.0 Å². The van der Waals surface area contributed by atoms with Crippen molar-refractivity contribution in [3.63, 3.8) is 0 Å². The first-order valence-corrected chi connectivity index (χ1v) is 9.73. The second kappa shape index (κ2) is 7.78. The number of anilines is 1. The Morgan fingerprint density at radius 2 is 2.11 bits per heavy atom. The van der Waals surface area contributed by atoms with Gasteiger partial charge in [0.2, 0.25) is 5.95 Å². The maximum atomic E-state index is 11.8. The number of rotatable bonds is 4. The van der Waals surface area contributed by atoms with E-state index in [-0.39, 0.29) is 6.03 Å². The van der Waals surface area contributed by atoms with Gasteiger partial charge in [-0.2, -0.15) is 0 Å². The molecule has 0 spiro atoms. The lowest BCUT2D eigenvalue weighted by Crippen LogP contribution is -2.28. The third kappa shape index (κ3) is 3.79. The largest absolute Gasteiger partial charge is 0.338 e. The van der Waals surface area contributed by atoms with E-state index in [1.807, 2.05) is 19.2 Å². The molecule has 0 aliphatic heterocycles. The summed E-state index contributed by atoms with van der Waals surface area (Å²) in [6.07, 6.45) is 10.0. The van der Waals surface area contributed by atoms with Crippen molar-refractivity contribution in [2.24, 2.45) is 0 Å². The maximum absolute atomic E-state index is 11.8. The monoisotopic (exact) mass is 363 g/mol. The minimum Gasteiger partial charge on any atom is -0.338 e. The van der Waals surface area contributed by atoms with E-state index in [4.69, 9.17) is 0 Å². The fourth-order valence-corrected chi connectivity index (χ4v) is 3.97. The van der Waals surface area contributed by atoms with E-state index < -0.39 is 0 Å². The molecule has 0 atom stereocenters. The number of imidazole rings is 1. The lowest BCUT2D eigenvalue weighted by molar-refractivity contribution is 0.252. The standard InChI is InChI=1S/C21H25N5O/c1-2-23-21(27)26-20-24-18-11-16(14-7-4-3-5-8-14)17(12-19(18)25-20)15-9-6-10-22-13-15/h6,9-14H,2-5,7-8H2,1H3,(H3,23,24,25,26,27). The van der Waals surface area contributed by atoms with Crippen LogP contribution in [-0.4, -0.2) is 27.5 Å². The number of hydrogen-bond acceptors (Lipinski definition) is 3. The number of aromatic amines is 1. The number of fused-ring (bicyclic) bond motifs is 1. The van der Waals surface area contributed by atoms with Gasteiger partial charge in [-0.25, -0.2) is 9.78 Å². The zero-order valence-corrected chi connectivity index (χ0v) is 15.6. The Labute approximate surface area is 158 Å². The molecule has 0 radical (unpaired) electrons. The topological polar surface area (TPSA) is 82.7 Å². The van der Waals surface area contributed by atoms with Gasteiger partial charge in [-0.15, -0.1) is 0 Å². The fraction of sp³-hybridized carbons (Fsp3) is 0.381. The molecule has 27 heavy (non-hydrogen) atoms. The summed E-state index contributed by atoms with van der Waals surface area (Å²) in [4.78, 5) is 23.9. The summed E-state index contributed by atoms with van der Waals surface area (Å²) in [5.41, 5.74) is 5.46. The quantitative estimate of drug-likeness (QED) is 0.622. The van der Waals surface area contributed by atoms with Gasteiger partial charge >= 0.3 is 6.03 Å². The molecular weight excluding hydrogens is 338 g/mol. The second-order valence-electron chi connectivity index (χ2n) is 7.10. The molecule has 6 nitrogen and oxygen atoms in total. The molecule has 0 unspecified atom stereocenters. The van der Waals surface area contributed by atoms with Gasteiger partial charge in [-0.1, -0.05) is 25.3 Å². The van der Waals surface area contributed by atoms with Crippen LogP contribution >= 0.6 is 0 Å². The van der Waals surface area contributed by atoms with Crippen LogP contribution in [0, 0.1) is 0 Å². The Hall–Kier alpha value is -2.89. The number of carbonyl (C=O) groups is 1. The highest BCUT2D eigenvalue weighted by atomic mass is 16.2. The molecule has 1 saturated carbocycles. The van der Waals surface area contributed by atoms with Crippen LogP contribution in [0.25, 0.3) is 22.2 Å². The molecule has 140 valence electrons. The number of nitrogens with one attached hydrogen (secondary N) is 3. The highest BCUT2D eigenvalue weighted by Gasteiger charge is 2.21. The Kier molecular flexibility index (Phi) is 5.05. The van der Waals surface area contributed by atoms with E-state index in [1.54, 1.807) is 6.20 Å². The van der Waals surface area contributed by atoms with Crippen molar-refractivity contribution in [2.75, 3.05) is 11.9 Å². The van der Waals surface area contributed by atoms with Gasteiger partial charge in [-0.3, -0.25) is 10.3 Å². The summed E-state index contributed by atoms with van der Waals surface area (Å²) in [7, 11) is 0. The number of urea groups is 1.